The zero-order chi connectivity index (χ0) is 14.0. The highest BCUT2D eigenvalue weighted by Gasteiger charge is 2.25. The molecule has 3 N–H and O–H groups in total. The summed E-state index contributed by atoms with van der Waals surface area (Å²) < 4.78 is 27.3. The Morgan fingerprint density at radius 3 is 2.53 bits per heavy atom. The van der Waals surface area contributed by atoms with Crippen molar-refractivity contribution in [3.63, 3.8) is 0 Å². The molecule has 6 heteroatoms. The molecule has 0 spiro atoms. The Balaban J connectivity index is 2.16. The Morgan fingerprint density at radius 1 is 1.26 bits per heavy atom. The van der Waals surface area contributed by atoms with Crippen molar-refractivity contribution in [2.75, 3.05) is 5.73 Å². The summed E-state index contributed by atoms with van der Waals surface area (Å²) in [5, 5.41) is 0.367. The summed E-state index contributed by atoms with van der Waals surface area (Å²) in [5.74, 6) is 0.678. The molecule has 0 atom stereocenters. The van der Waals surface area contributed by atoms with Crippen molar-refractivity contribution in [1.82, 2.24) is 4.72 Å². The van der Waals surface area contributed by atoms with Gasteiger partial charge in [0.05, 0.1) is 5.69 Å². The summed E-state index contributed by atoms with van der Waals surface area (Å²) >= 11 is 5.84. The molecule has 0 heterocycles. The third-order valence-electron chi connectivity index (χ3n) is 3.60. The number of halogens is 1. The van der Waals surface area contributed by atoms with E-state index in [0.717, 1.165) is 25.7 Å². The third-order valence-corrected chi connectivity index (χ3v) is 5.41. The molecule has 106 valence electrons. The number of nitrogens with two attached hydrogens (primary N) is 1. The number of benzene rings is 1. The molecule has 0 unspecified atom stereocenters. The van der Waals surface area contributed by atoms with E-state index in [1.165, 1.54) is 12.1 Å². The number of sulfonamides is 1. The van der Waals surface area contributed by atoms with Gasteiger partial charge < -0.3 is 5.73 Å². The first-order chi connectivity index (χ1) is 8.88. The topological polar surface area (TPSA) is 72.2 Å². The van der Waals surface area contributed by atoms with Gasteiger partial charge in [-0.15, -0.1) is 0 Å². The molecule has 0 saturated heterocycles. The SMILES string of the molecule is CC1CCC(NS(=O)(=O)c2cc(Cl)ccc2N)CC1. The van der Waals surface area contributed by atoms with Gasteiger partial charge in [0.2, 0.25) is 10.0 Å². The molecule has 1 aliphatic carbocycles. The van der Waals surface area contributed by atoms with Crippen molar-refractivity contribution >= 4 is 27.3 Å². The first-order valence-electron chi connectivity index (χ1n) is 6.46. The van der Waals surface area contributed by atoms with Crippen LogP contribution in [0.25, 0.3) is 0 Å². The maximum absolute atomic E-state index is 12.3. The van der Waals surface area contributed by atoms with E-state index < -0.39 is 10.0 Å². The molecule has 1 aromatic rings. The first-order valence-corrected chi connectivity index (χ1v) is 8.32. The van der Waals surface area contributed by atoms with Gasteiger partial charge in [0.15, 0.2) is 0 Å². The Labute approximate surface area is 119 Å². The van der Waals surface area contributed by atoms with Gasteiger partial charge in [-0.1, -0.05) is 18.5 Å². The molecular weight excluding hydrogens is 284 g/mol. The Hall–Kier alpha value is -0.780. The van der Waals surface area contributed by atoms with Crippen LogP contribution >= 0.6 is 11.6 Å². The van der Waals surface area contributed by atoms with Gasteiger partial charge >= 0.3 is 0 Å². The highest BCUT2D eigenvalue weighted by atomic mass is 35.5. The predicted molar refractivity (Wildman–Crippen MR) is 77.6 cm³/mol. The van der Waals surface area contributed by atoms with Crippen molar-refractivity contribution in [1.29, 1.82) is 0 Å². The van der Waals surface area contributed by atoms with Crippen LogP contribution in [0.4, 0.5) is 5.69 Å². The van der Waals surface area contributed by atoms with Gasteiger partial charge in [0.25, 0.3) is 0 Å². The molecule has 0 amide bonds. The molecule has 1 fully saturated rings. The number of rotatable bonds is 3. The second-order valence-corrected chi connectivity index (χ2v) is 7.38. The van der Waals surface area contributed by atoms with E-state index in [9.17, 15) is 8.42 Å². The number of hydrogen-bond donors (Lipinski definition) is 2. The number of nitrogens with one attached hydrogen (secondary N) is 1. The second-order valence-electron chi connectivity index (χ2n) is 5.26. The van der Waals surface area contributed by atoms with E-state index in [1.54, 1.807) is 6.07 Å². The molecule has 1 saturated carbocycles. The molecule has 0 bridgehead atoms. The van der Waals surface area contributed by atoms with Crippen LogP contribution in [0.3, 0.4) is 0 Å². The lowest BCUT2D eigenvalue weighted by atomic mass is 9.88. The van der Waals surface area contributed by atoms with Gasteiger partial charge in [0.1, 0.15) is 4.90 Å². The van der Waals surface area contributed by atoms with Crippen LogP contribution in [0.1, 0.15) is 32.6 Å². The monoisotopic (exact) mass is 302 g/mol. The van der Waals surface area contributed by atoms with Gasteiger partial charge in [0, 0.05) is 11.1 Å². The van der Waals surface area contributed by atoms with Crippen LogP contribution in [0.15, 0.2) is 23.1 Å². The van der Waals surface area contributed by atoms with E-state index in [4.69, 9.17) is 17.3 Å². The van der Waals surface area contributed by atoms with Crippen molar-refractivity contribution in [3.05, 3.63) is 23.2 Å². The highest BCUT2D eigenvalue weighted by Crippen LogP contribution is 2.27. The molecule has 19 heavy (non-hydrogen) atoms. The van der Waals surface area contributed by atoms with E-state index in [2.05, 4.69) is 11.6 Å². The van der Waals surface area contributed by atoms with Crippen LogP contribution in [0.5, 0.6) is 0 Å². The van der Waals surface area contributed by atoms with Crippen molar-refractivity contribution < 1.29 is 8.42 Å². The quantitative estimate of drug-likeness (QED) is 0.843. The highest BCUT2D eigenvalue weighted by molar-refractivity contribution is 7.89. The summed E-state index contributed by atoms with van der Waals surface area (Å²) in [5.41, 5.74) is 5.95. The van der Waals surface area contributed by atoms with Gasteiger partial charge in [-0.2, -0.15) is 0 Å². The average Bonchev–Trinajstić information content (AvgIpc) is 2.35. The minimum absolute atomic E-state index is 0.000387. The van der Waals surface area contributed by atoms with E-state index in [1.807, 2.05) is 0 Å². The summed E-state index contributed by atoms with van der Waals surface area (Å²) in [6, 6.07) is 4.49. The lowest BCUT2D eigenvalue weighted by Crippen LogP contribution is -2.37. The van der Waals surface area contributed by atoms with E-state index >= 15 is 0 Å². The van der Waals surface area contributed by atoms with Crippen LogP contribution in [-0.4, -0.2) is 14.5 Å². The summed E-state index contributed by atoms with van der Waals surface area (Å²) in [4.78, 5) is 0.0682. The fourth-order valence-electron chi connectivity index (χ4n) is 2.40. The predicted octanol–water partition coefficient (Wildman–Crippen LogP) is 2.78. The van der Waals surface area contributed by atoms with Crippen molar-refractivity contribution in [2.45, 2.75) is 43.5 Å². The zero-order valence-electron chi connectivity index (χ0n) is 10.9. The van der Waals surface area contributed by atoms with Crippen molar-refractivity contribution in [2.24, 2.45) is 5.92 Å². The van der Waals surface area contributed by atoms with Gasteiger partial charge in [-0.05, 0) is 49.8 Å². The molecule has 0 aliphatic heterocycles. The minimum Gasteiger partial charge on any atom is -0.398 e. The average molecular weight is 303 g/mol. The number of hydrogen-bond acceptors (Lipinski definition) is 3. The van der Waals surface area contributed by atoms with Crippen LogP contribution in [0.2, 0.25) is 5.02 Å². The van der Waals surface area contributed by atoms with Crippen LogP contribution in [-0.2, 0) is 10.0 Å². The fourth-order valence-corrected chi connectivity index (χ4v) is 4.10. The smallest absolute Gasteiger partial charge is 0.242 e. The van der Waals surface area contributed by atoms with Crippen LogP contribution < -0.4 is 10.5 Å². The fraction of sp³-hybridized carbons (Fsp3) is 0.538. The molecule has 0 radical (unpaired) electrons. The number of nitrogen functional groups attached to an aromatic ring is 1. The normalized spacial score (nSPS) is 24.3. The molecule has 1 aromatic carbocycles. The minimum atomic E-state index is -3.59. The maximum atomic E-state index is 12.3. The standard InChI is InChI=1S/C13H19ClN2O2S/c1-9-2-5-11(6-3-9)16-19(17,18)13-8-10(14)4-7-12(13)15/h4,7-9,11,16H,2-3,5-6,15H2,1H3. The molecular formula is C13H19ClN2O2S. The lowest BCUT2D eigenvalue weighted by Gasteiger charge is -2.26. The van der Waals surface area contributed by atoms with Crippen molar-refractivity contribution in [3.8, 4) is 0 Å². The van der Waals surface area contributed by atoms with E-state index in [-0.39, 0.29) is 16.6 Å². The first kappa shape index (κ1) is 14.6. The van der Waals surface area contributed by atoms with Gasteiger partial charge in [-0.3, -0.25) is 0 Å². The van der Waals surface area contributed by atoms with E-state index in [0.29, 0.717) is 10.9 Å². The Kier molecular flexibility index (Phi) is 4.38. The maximum Gasteiger partial charge on any atom is 0.242 e. The third kappa shape index (κ3) is 3.61. The Morgan fingerprint density at radius 2 is 1.89 bits per heavy atom. The largest absolute Gasteiger partial charge is 0.398 e. The Bertz CT molecular complexity index is 552. The zero-order valence-corrected chi connectivity index (χ0v) is 12.5. The molecule has 4 nitrogen and oxygen atoms in total. The summed E-state index contributed by atoms with van der Waals surface area (Å²) in [7, 11) is -3.59. The van der Waals surface area contributed by atoms with Crippen LogP contribution in [0, 0.1) is 5.92 Å². The molecule has 2 rings (SSSR count). The summed E-state index contributed by atoms with van der Waals surface area (Å²) in [6.45, 7) is 2.19. The lowest BCUT2D eigenvalue weighted by molar-refractivity contribution is 0.332. The second kappa shape index (κ2) is 5.69. The van der Waals surface area contributed by atoms with Gasteiger partial charge in [-0.25, -0.2) is 13.1 Å². The molecule has 1 aliphatic rings. The number of anilines is 1. The molecule has 0 aromatic heterocycles. The summed E-state index contributed by atoms with van der Waals surface area (Å²) in [6.07, 6.45) is 3.86.